The molecule has 0 aliphatic carbocycles. The third-order valence-corrected chi connectivity index (χ3v) is 10.8. The number of benzene rings is 8. The fourth-order valence-electron chi connectivity index (χ4n) is 8.41. The Balaban J connectivity index is 1.10. The molecule has 1 aliphatic rings. The Morgan fingerprint density at radius 3 is 1.87 bits per heavy atom. The molecule has 3 heterocycles. The molecule has 10 aromatic rings. The van der Waals surface area contributed by atoms with E-state index >= 15 is 0 Å². The first-order valence-electron chi connectivity index (χ1n) is 17.9. The predicted octanol–water partition coefficient (Wildman–Crippen LogP) is 12.0. The molecule has 0 amide bonds. The first-order valence-corrected chi connectivity index (χ1v) is 17.9. The van der Waals surface area contributed by atoms with Gasteiger partial charge < -0.3 is 14.3 Å². The number of hydrogen-bond donors (Lipinski definition) is 2. The minimum Gasteiger partial charge on any atom is -0.456 e. The molecule has 0 bridgehead atoms. The minimum absolute atomic E-state index is 0.0482. The van der Waals surface area contributed by atoms with Crippen molar-refractivity contribution in [3.05, 3.63) is 193 Å². The highest BCUT2D eigenvalue weighted by Crippen LogP contribution is 2.41. The van der Waals surface area contributed by atoms with Crippen LogP contribution in [0, 0.1) is 0 Å². The molecule has 52 heavy (non-hydrogen) atoms. The first kappa shape index (κ1) is 29.1. The lowest BCUT2D eigenvalue weighted by Gasteiger charge is -2.33. The summed E-state index contributed by atoms with van der Waals surface area (Å²) in [5.74, 6) is 0. The average Bonchev–Trinajstić information content (AvgIpc) is 3.77. The van der Waals surface area contributed by atoms with Crippen molar-refractivity contribution in [1.82, 2.24) is 15.2 Å². The van der Waals surface area contributed by atoms with Crippen LogP contribution in [0.25, 0.3) is 76.7 Å². The maximum atomic E-state index is 6.18. The lowest BCUT2D eigenvalue weighted by molar-refractivity contribution is 0.442. The van der Waals surface area contributed by atoms with Crippen LogP contribution >= 0.6 is 0 Å². The Labute approximate surface area is 300 Å². The van der Waals surface area contributed by atoms with Crippen LogP contribution in [0.2, 0.25) is 0 Å². The van der Waals surface area contributed by atoms with Crippen molar-refractivity contribution in [3.63, 3.8) is 0 Å². The van der Waals surface area contributed by atoms with Crippen molar-refractivity contribution in [3.8, 4) is 5.69 Å². The molecule has 2 N–H and O–H groups in total. The number of nitrogens with one attached hydrogen (secondary N) is 2. The molecule has 246 valence electrons. The number of hydrogen-bond acceptors (Lipinski definition) is 3. The van der Waals surface area contributed by atoms with Gasteiger partial charge in [0.2, 0.25) is 0 Å². The second-order valence-corrected chi connectivity index (χ2v) is 13.8. The molecule has 8 aromatic carbocycles. The molecule has 0 fully saturated rings. The molecule has 4 nitrogen and oxygen atoms in total. The minimum atomic E-state index is -0.0855. The fraction of sp³-hybridized carbons (Fsp3) is 0.0417. The highest BCUT2D eigenvalue weighted by atomic mass is 16.3. The van der Waals surface area contributed by atoms with Gasteiger partial charge >= 0.3 is 0 Å². The summed E-state index contributed by atoms with van der Waals surface area (Å²) in [4.78, 5) is 0. The van der Waals surface area contributed by atoms with Crippen molar-refractivity contribution >= 4 is 71.0 Å². The van der Waals surface area contributed by atoms with Gasteiger partial charge in [0.05, 0.1) is 17.1 Å². The molecule has 1 aliphatic heterocycles. The molecule has 0 spiro atoms. The molecular formula is C48H33N3O. The number of furan rings is 1. The van der Waals surface area contributed by atoms with Gasteiger partial charge in [-0.1, -0.05) is 121 Å². The van der Waals surface area contributed by atoms with Crippen LogP contribution in [0.5, 0.6) is 0 Å². The Hall–Kier alpha value is -6.62. The highest BCUT2D eigenvalue weighted by Gasteiger charge is 2.25. The zero-order valence-corrected chi connectivity index (χ0v) is 28.3. The Morgan fingerprint density at radius 1 is 0.481 bits per heavy atom. The number of fused-ring (bicyclic) bond motifs is 10. The molecule has 2 atom stereocenters. The molecule has 4 heteroatoms. The number of rotatable bonds is 4. The summed E-state index contributed by atoms with van der Waals surface area (Å²) in [6, 6.07) is 61.0. The van der Waals surface area contributed by atoms with Crippen LogP contribution in [-0.2, 0) is 0 Å². The topological polar surface area (TPSA) is 42.1 Å². The summed E-state index contributed by atoms with van der Waals surface area (Å²) in [6.07, 6.45) is 2.24. The summed E-state index contributed by atoms with van der Waals surface area (Å²) in [6.45, 7) is 0. The normalized spacial score (nSPS) is 16.3. The third kappa shape index (κ3) is 4.51. The highest BCUT2D eigenvalue weighted by molar-refractivity contribution is 6.28. The van der Waals surface area contributed by atoms with Gasteiger partial charge in [0.15, 0.2) is 0 Å². The van der Waals surface area contributed by atoms with Gasteiger partial charge in [-0.25, -0.2) is 0 Å². The van der Waals surface area contributed by atoms with Crippen LogP contribution in [-0.4, -0.2) is 4.57 Å². The van der Waals surface area contributed by atoms with Gasteiger partial charge in [-0.2, -0.15) is 0 Å². The van der Waals surface area contributed by atoms with E-state index in [1.807, 2.05) is 12.1 Å². The fourth-order valence-corrected chi connectivity index (χ4v) is 8.41. The van der Waals surface area contributed by atoms with E-state index in [9.17, 15) is 0 Å². The maximum Gasteiger partial charge on any atom is 0.135 e. The van der Waals surface area contributed by atoms with Gasteiger partial charge in [0.1, 0.15) is 17.3 Å². The van der Waals surface area contributed by atoms with Crippen LogP contribution < -0.4 is 10.6 Å². The molecule has 2 unspecified atom stereocenters. The monoisotopic (exact) mass is 667 g/mol. The zero-order chi connectivity index (χ0) is 34.2. The molecule has 0 saturated heterocycles. The lowest BCUT2D eigenvalue weighted by Crippen LogP contribution is -2.39. The Kier molecular flexibility index (Phi) is 6.42. The standard InChI is InChI=1S/C48H33N3O/c1-2-13-32(14-3-1)48-49-40(29-41(50-48)34-23-26-45-39(28-34)38-19-8-9-20-44(38)52-45)33-15-10-16-35(27-33)51-42-24-21-30-11-4-6-17-36(30)46(42)47-37-18-7-5-12-31(37)22-25-43(47)51/h1-29,40,48-50H. The van der Waals surface area contributed by atoms with E-state index in [1.54, 1.807) is 0 Å². The molecule has 0 radical (unpaired) electrons. The number of aromatic nitrogens is 1. The third-order valence-electron chi connectivity index (χ3n) is 10.8. The van der Waals surface area contributed by atoms with Crippen molar-refractivity contribution in [1.29, 1.82) is 0 Å². The van der Waals surface area contributed by atoms with Gasteiger partial charge in [-0.05, 0) is 92.8 Å². The van der Waals surface area contributed by atoms with Crippen molar-refractivity contribution in [2.45, 2.75) is 12.2 Å². The average molecular weight is 668 g/mol. The second-order valence-electron chi connectivity index (χ2n) is 13.8. The molecule has 2 aromatic heterocycles. The van der Waals surface area contributed by atoms with E-state index < -0.39 is 0 Å². The van der Waals surface area contributed by atoms with Crippen molar-refractivity contribution in [2.75, 3.05) is 0 Å². The Morgan fingerprint density at radius 2 is 1.12 bits per heavy atom. The zero-order valence-electron chi connectivity index (χ0n) is 28.3. The predicted molar refractivity (Wildman–Crippen MR) is 216 cm³/mol. The van der Waals surface area contributed by atoms with Crippen molar-refractivity contribution < 1.29 is 4.42 Å². The summed E-state index contributed by atoms with van der Waals surface area (Å²) < 4.78 is 8.63. The quantitative estimate of drug-likeness (QED) is 0.196. The van der Waals surface area contributed by atoms with Gasteiger partial charge in [0.25, 0.3) is 0 Å². The van der Waals surface area contributed by atoms with Crippen LogP contribution in [0.4, 0.5) is 0 Å². The van der Waals surface area contributed by atoms with Gasteiger partial charge in [-0.3, -0.25) is 5.32 Å². The number of nitrogens with zero attached hydrogens (tertiary/aromatic N) is 1. The smallest absolute Gasteiger partial charge is 0.135 e. The van der Waals surface area contributed by atoms with E-state index in [-0.39, 0.29) is 12.2 Å². The number of para-hydroxylation sites is 1. The second kappa shape index (κ2) is 11.5. The Bertz CT molecular complexity index is 2950. The van der Waals surface area contributed by atoms with E-state index in [0.29, 0.717) is 0 Å². The van der Waals surface area contributed by atoms with E-state index in [4.69, 9.17) is 4.42 Å². The summed E-state index contributed by atoms with van der Waals surface area (Å²) in [5.41, 5.74) is 9.96. The largest absolute Gasteiger partial charge is 0.456 e. The van der Waals surface area contributed by atoms with Crippen LogP contribution in [0.15, 0.2) is 180 Å². The molecule has 11 rings (SSSR count). The molecule has 0 saturated carbocycles. The SMILES string of the molecule is C1=C(c2ccc3oc4ccccc4c3c2)NC(c2ccccc2)NC1c1cccc(-n2c3ccc4ccccc4c3c3c4ccccc4ccc32)c1. The van der Waals surface area contributed by atoms with Crippen LogP contribution in [0.3, 0.4) is 0 Å². The maximum absolute atomic E-state index is 6.18. The van der Waals surface area contributed by atoms with Gasteiger partial charge in [-0.15, -0.1) is 0 Å². The van der Waals surface area contributed by atoms with E-state index in [2.05, 4.69) is 179 Å². The lowest BCUT2D eigenvalue weighted by atomic mass is 9.97. The molecular weight excluding hydrogens is 635 g/mol. The summed E-state index contributed by atoms with van der Waals surface area (Å²) in [7, 11) is 0. The van der Waals surface area contributed by atoms with Crippen molar-refractivity contribution in [2.24, 2.45) is 0 Å². The summed E-state index contributed by atoms with van der Waals surface area (Å²) in [5, 5.41) is 17.6. The first-order chi connectivity index (χ1) is 25.8. The summed E-state index contributed by atoms with van der Waals surface area (Å²) >= 11 is 0. The van der Waals surface area contributed by atoms with E-state index in [1.165, 1.54) is 54.5 Å². The van der Waals surface area contributed by atoms with Crippen LogP contribution in [0.1, 0.15) is 28.9 Å². The van der Waals surface area contributed by atoms with E-state index in [0.717, 1.165) is 38.9 Å². The van der Waals surface area contributed by atoms with Gasteiger partial charge in [0, 0.05) is 32.9 Å².